The van der Waals surface area contributed by atoms with E-state index in [1.54, 1.807) is 18.3 Å². The molecule has 45 heavy (non-hydrogen) atoms. The lowest BCUT2D eigenvalue weighted by Crippen LogP contribution is -2.40. The van der Waals surface area contributed by atoms with Crippen LogP contribution >= 0.6 is 23.2 Å². The molecule has 0 bridgehead atoms. The van der Waals surface area contributed by atoms with Crippen molar-refractivity contribution in [2.75, 3.05) is 39.4 Å². The number of carbonyl (C=O) groups is 1. The number of pyridine rings is 1. The smallest absolute Gasteiger partial charge is 0.153 e. The van der Waals surface area contributed by atoms with Gasteiger partial charge in [0, 0.05) is 62.3 Å². The van der Waals surface area contributed by atoms with Gasteiger partial charge < -0.3 is 19.5 Å². The average Bonchev–Trinajstić information content (AvgIpc) is 3.07. The van der Waals surface area contributed by atoms with Gasteiger partial charge in [-0.05, 0) is 41.3 Å². The van der Waals surface area contributed by atoms with Crippen LogP contribution in [-0.4, -0.2) is 55.6 Å². The maximum atomic E-state index is 11.7. The molecule has 1 aromatic heterocycles. The Bertz CT molecular complexity index is 1690. The van der Waals surface area contributed by atoms with Crippen LogP contribution in [0, 0.1) is 18.3 Å². The fourth-order valence-corrected chi connectivity index (χ4v) is 5.68. The lowest BCUT2D eigenvalue weighted by Gasteiger charge is -2.26. The Morgan fingerprint density at radius 2 is 1.76 bits per heavy atom. The molecule has 1 saturated heterocycles. The number of nitriles is 1. The van der Waals surface area contributed by atoms with Crippen LogP contribution in [0.25, 0.3) is 11.1 Å². The van der Waals surface area contributed by atoms with Crippen LogP contribution in [0.5, 0.6) is 11.5 Å². The highest BCUT2D eigenvalue weighted by molar-refractivity contribution is 6.34. The number of aromatic nitrogens is 1. The van der Waals surface area contributed by atoms with E-state index >= 15 is 0 Å². The van der Waals surface area contributed by atoms with Crippen molar-refractivity contribution in [2.45, 2.75) is 26.7 Å². The predicted octanol–water partition coefficient (Wildman–Crippen LogP) is 6.63. The highest BCUT2D eigenvalue weighted by Gasteiger charge is 2.16. The molecule has 1 aliphatic rings. The predicted molar refractivity (Wildman–Crippen MR) is 175 cm³/mol. The molecular formula is C35H34Cl2N4O4. The SMILES string of the molecule is Cc1c(COc2cc(OCc3cncc(C#N)c3)c(C=O)cc2Cl)cccc1-c1cccc(CNCCN2CCOCC2)c1Cl. The third kappa shape index (κ3) is 8.40. The molecule has 1 aliphatic heterocycles. The monoisotopic (exact) mass is 644 g/mol. The number of morpholine rings is 1. The Morgan fingerprint density at radius 3 is 2.53 bits per heavy atom. The Morgan fingerprint density at radius 1 is 1.00 bits per heavy atom. The zero-order chi connectivity index (χ0) is 31.6. The number of benzene rings is 3. The number of ether oxygens (including phenoxy) is 3. The maximum absolute atomic E-state index is 11.7. The van der Waals surface area contributed by atoms with Gasteiger partial charge in [-0.2, -0.15) is 5.26 Å². The molecule has 0 unspecified atom stereocenters. The highest BCUT2D eigenvalue weighted by atomic mass is 35.5. The molecular weight excluding hydrogens is 611 g/mol. The molecule has 0 spiro atoms. The van der Waals surface area contributed by atoms with Gasteiger partial charge >= 0.3 is 0 Å². The van der Waals surface area contributed by atoms with Crippen LogP contribution in [0.1, 0.15) is 38.2 Å². The van der Waals surface area contributed by atoms with Gasteiger partial charge in [0.2, 0.25) is 0 Å². The lowest BCUT2D eigenvalue weighted by atomic mass is 9.95. The minimum Gasteiger partial charge on any atom is -0.488 e. The molecule has 0 saturated carbocycles. The number of halogens is 2. The van der Waals surface area contributed by atoms with Crippen molar-refractivity contribution in [3.63, 3.8) is 0 Å². The third-order valence-electron chi connectivity index (χ3n) is 7.73. The molecule has 0 aliphatic carbocycles. The van der Waals surface area contributed by atoms with Crippen molar-refractivity contribution in [1.82, 2.24) is 15.2 Å². The van der Waals surface area contributed by atoms with E-state index in [4.69, 9.17) is 42.7 Å². The zero-order valence-electron chi connectivity index (χ0n) is 25.0. The van der Waals surface area contributed by atoms with Crippen LogP contribution in [0.3, 0.4) is 0 Å². The second-order valence-electron chi connectivity index (χ2n) is 10.7. The number of aldehydes is 1. The van der Waals surface area contributed by atoms with Gasteiger partial charge in [-0.25, -0.2) is 0 Å². The minimum absolute atomic E-state index is 0.120. The van der Waals surface area contributed by atoms with E-state index < -0.39 is 0 Å². The molecule has 1 N–H and O–H groups in total. The summed E-state index contributed by atoms with van der Waals surface area (Å²) in [6.45, 7) is 8.48. The van der Waals surface area contributed by atoms with Gasteiger partial charge in [0.1, 0.15) is 30.8 Å². The van der Waals surface area contributed by atoms with Gasteiger partial charge in [0.05, 0.1) is 34.4 Å². The van der Waals surface area contributed by atoms with Crippen molar-refractivity contribution in [2.24, 2.45) is 0 Å². The van der Waals surface area contributed by atoms with Crippen molar-refractivity contribution < 1.29 is 19.0 Å². The Balaban J connectivity index is 1.26. The van der Waals surface area contributed by atoms with E-state index in [9.17, 15) is 4.79 Å². The van der Waals surface area contributed by atoms with Gasteiger partial charge in [0.15, 0.2) is 6.29 Å². The minimum atomic E-state index is 0.120. The fourth-order valence-electron chi connectivity index (χ4n) is 5.16. The number of rotatable bonds is 13. The summed E-state index contributed by atoms with van der Waals surface area (Å²) in [6, 6.07) is 19.0. The quantitative estimate of drug-likeness (QED) is 0.128. The normalized spacial score (nSPS) is 13.3. The summed E-state index contributed by atoms with van der Waals surface area (Å²) in [4.78, 5) is 18.2. The number of nitrogens with zero attached hydrogens (tertiary/aromatic N) is 3. The second kappa shape index (κ2) is 15.8. The molecule has 0 amide bonds. The third-order valence-corrected chi connectivity index (χ3v) is 8.47. The van der Waals surface area contributed by atoms with E-state index in [1.807, 2.05) is 31.2 Å². The highest BCUT2D eigenvalue weighted by Crippen LogP contribution is 2.36. The number of carbonyl (C=O) groups excluding carboxylic acids is 1. The molecule has 1 fully saturated rings. The van der Waals surface area contributed by atoms with Crippen LogP contribution < -0.4 is 14.8 Å². The van der Waals surface area contributed by atoms with Crippen molar-refractivity contribution >= 4 is 29.5 Å². The van der Waals surface area contributed by atoms with E-state index in [1.165, 1.54) is 12.3 Å². The molecule has 0 radical (unpaired) electrons. The summed E-state index contributed by atoms with van der Waals surface area (Å²) in [7, 11) is 0. The van der Waals surface area contributed by atoms with E-state index in [0.717, 1.165) is 72.2 Å². The summed E-state index contributed by atoms with van der Waals surface area (Å²) in [5.41, 5.74) is 6.45. The summed E-state index contributed by atoms with van der Waals surface area (Å²) in [5, 5.41) is 13.7. The van der Waals surface area contributed by atoms with Crippen LogP contribution in [0.15, 0.2) is 67.0 Å². The first-order chi connectivity index (χ1) is 22.0. The molecule has 5 rings (SSSR count). The van der Waals surface area contributed by atoms with E-state index in [0.29, 0.717) is 46.0 Å². The molecule has 232 valence electrons. The van der Waals surface area contributed by atoms with Gasteiger partial charge in [0.25, 0.3) is 0 Å². The Kier molecular flexibility index (Phi) is 11.4. The molecule has 10 heteroatoms. The second-order valence-corrected chi connectivity index (χ2v) is 11.5. The summed E-state index contributed by atoms with van der Waals surface area (Å²) in [6.07, 6.45) is 3.76. The topological polar surface area (TPSA) is 96.7 Å². The standard InChI is InChI=1S/C35H34Cl2N4O4/c1-24-28(23-45-34-16-33(29(21-42)15-32(34)36)44-22-26-14-25(17-38)18-40-19-26)5-3-6-30(24)31-7-2-4-27(35(31)37)20-39-8-9-41-10-12-43-13-11-41/h2-7,14-16,18-19,21,39H,8-13,20,22-23H2,1H3. The summed E-state index contributed by atoms with van der Waals surface area (Å²) < 4.78 is 17.5. The Hall–Kier alpha value is -3.97. The molecule has 0 atom stereocenters. The first kappa shape index (κ1) is 32.4. The Labute approximate surface area is 273 Å². The number of nitrogens with one attached hydrogen (secondary N) is 1. The van der Waals surface area contributed by atoms with E-state index in [-0.39, 0.29) is 13.2 Å². The van der Waals surface area contributed by atoms with Gasteiger partial charge in [-0.1, -0.05) is 59.6 Å². The fraction of sp³-hybridized carbons (Fsp3) is 0.286. The molecule has 4 aromatic rings. The summed E-state index contributed by atoms with van der Waals surface area (Å²) >= 11 is 13.4. The van der Waals surface area contributed by atoms with Gasteiger partial charge in [-0.3, -0.25) is 14.7 Å². The lowest BCUT2D eigenvalue weighted by molar-refractivity contribution is 0.0384. The van der Waals surface area contributed by atoms with Crippen LogP contribution in [0.2, 0.25) is 10.0 Å². The number of hydrogen-bond donors (Lipinski definition) is 1. The van der Waals surface area contributed by atoms with Crippen molar-refractivity contribution in [3.8, 4) is 28.7 Å². The van der Waals surface area contributed by atoms with Crippen LogP contribution in [0.4, 0.5) is 0 Å². The van der Waals surface area contributed by atoms with Crippen molar-refractivity contribution in [3.05, 3.63) is 110 Å². The first-order valence-electron chi connectivity index (χ1n) is 14.7. The van der Waals surface area contributed by atoms with Crippen molar-refractivity contribution in [1.29, 1.82) is 5.26 Å². The molecule has 8 nitrogen and oxygen atoms in total. The average molecular weight is 646 g/mol. The zero-order valence-corrected chi connectivity index (χ0v) is 26.5. The largest absolute Gasteiger partial charge is 0.488 e. The molecule has 3 aromatic carbocycles. The summed E-state index contributed by atoms with van der Waals surface area (Å²) in [5.74, 6) is 0.702. The maximum Gasteiger partial charge on any atom is 0.153 e. The number of hydrogen-bond acceptors (Lipinski definition) is 8. The molecule has 2 heterocycles. The van der Waals surface area contributed by atoms with Crippen LogP contribution in [-0.2, 0) is 24.5 Å². The first-order valence-corrected chi connectivity index (χ1v) is 15.5. The van der Waals surface area contributed by atoms with Gasteiger partial charge in [-0.15, -0.1) is 0 Å². The van der Waals surface area contributed by atoms with E-state index in [2.05, 4.69) is 33.4 Å².